The molecule has 1 aromatic carbocycles. The number of nitrogens with zero attached hydrogens (tertiary/aromatic N) is 2. The number of aliphatic imine (C=N–C) groups is 1. The lowest BCUT2D eigenvalue weighted by atomic mass is 9.98. The molecule has 1 aliphatic rings. The summed E-state index contributed by atoms with van der Waals surface area (Å²) in [5.74, 6) is 0.477. The van der Waals surface area contributed by atoms with Crippen molar-refractivity contribution in [2.45, 2.75) is 40.2 Å². The van der Waals surface area contributed by atoms with E-state index in [0.29, 0.717) is 31.8 Å². The van der Waals surface area contributed by atoms with Gasteiger partial charge in [0.15, 0.2) is 5.96 Å². The number of hydrogen-bond donors (Lipinski definition) is 2. The minimum absolute atomic E-state index is 0.0754. The molecule has 1 heterocycles. The van der Waals surface area contributed by atoms with E-state index in [1.165, 1.54) is 0 Å². The number of piperidine rings is 1. The maximum Gasteiger partial charge on any atom is 0.310 e. The molecule has 1 amide bonds. The van der Waals surface area contributed by atoms with Crippen molar-refractivity contribution < 1.29 is 14.3 Å². The number of guanidine groups is 1. The van der Waals surface area contributed by atoms with Crippen LogP contribution >= 0.6 is 0 Å². The average molecular weight is 389 g/mol. The molecule has 0 aliphatic carbocycles. The van der Waals surface area contributed by atoms with Crippen LogP contribution < -0.4 is 10.6 Å². The largest absolute Gasteiger partial charge is 0.466 e. The van der Waals surface area contributed by atoms with Gasteiger partial charge >= 0.3 is 5.97 Å². The highest BCUT2D eigenvalue weighted by Crippen LogP contribution is 2.18. The van der Waals surface area contributed by atoms with Gasteiger partial charge in [0.05, 0.1) is 19.1 Å². The first-order valence-electron chi connectivity index (χ1n) is 10.2. The fourth-order valence-corrected chi connectivity index (χ4v) is 3.29. The van der Waals surface area contributed by atoms with Gasteiger partial charge < -0.3 is 20.3 Å². The molecular formula is C21H32N4O3. The van der Waals surface area contributed by atoms with E-state index in [0.717, 1.165) is 37.5 Å². The Labute approximate surface area is 167 Å². The van der Waals surface area contributed by atoms with Gasteiger partial charge in [0, 0.05) is 31.7 Å². The van der Waals surface area contributed by atoms with Crippen LogP contribution in [0.1, 0.15) is 49.5 Å². The molecule has 2 N–H and O–H groups in total. The number of amides is 1. The van der Waals surface area contributed by atoms with Crippen LogP contribution in [-0.2, 0) is 16.1 Å². The Morgan fingerprint density at radius 2 is 2.00 bits per heavy atom. The summed E-state index contributed by atoms with van der Waals surface area (Å²) in [5.41, 5.74) is 1.61. The second-order valence-corrected chi connectivity index (χ2v) is 6.77. The van der Waals surface area contributed by atoms with Crippen molar-refractivity contribution in [1.82, 2.24) is 15.5 Å². The van der Waals surface area contributed by atoms with E-state index in [-0.39, 0.29) is 17.8 Å². The number of nitrogens with one attached hydrogen (secondary N) is 2. The zero-order valence-corrected chi connectivity index (χ0v) is 17.2. The molecule has 28 heavy (non-hydrogen) atoms. The molecule has 0 aromatic heterocycles. The number of rotatable bonds is 7. The summed E-state index contributed by atoms with van der Waals surface area (Å²) in [6.45, 7) is 9.46. The highest BCUT2D eigenvalue weighted by Gasteiger charge is 2.28. The minimum Gasteiger partial charge on any atom is -0.466 e. The molecule has 7 heteroatoms. The maximum absolute atomic E-state index is 12.1. The Morgan fingerprint density at radius 1 is 1.21 bits per heavy atom. The van der Waals surface area contributed by atoms with Gasteiger partial charge in [0.25, 0.3) is 5.91 Å². The standard InChI is InChI=1S/C21H32N4O3/c1-4-22-19(26)17-10-7-9-16(13-17)14-24-21(23-5-2)25-12-8-11-18(15-25)20(27)28-6-3/h7,9-10,13,18H,4-6,8,11-12,14-15H2,1-3H3,(H,22,26)(H,23,24). The number of hydrogen-bond acceptors (Lipinski definition) is 4. The zero-order valence-electron chi connectivity index (χ0n) is 17.2. The maximum atomic E-state index is 12.1. The molecule has 1 atom stereocenters. The topological polar surface area (TPSA) is 83.0 Å². The summed E-state index contributed by atoms with van der Waals surface area (Å²) in [6, 6.07) is 7.51. The third-order valence-electron chi connectivity index (χ3n) is 4.61. The zero-order chi connectivity index (χ0) is 20.4. The molecule has 2 rings (SSSR count). The molecule has 154 valence electrons. The van der Waals surface area contributed by atoms with E-state index in [4.69, 9.17) is 9.73 Å². The lowest BCUT2D eigenvalue weighted by Crippen LogP contribution is -2.48. The number of carbonyl (C=O) groups is 2. The lowest BCUT2D eigenvalue weighted by Gasteiger charge is -2.34. The van der Waals surface area contributed by atoms with E-state index in [1.54, 1.807) is 6.07 Å². The van der Waals surface area contributed by atoms with Gasteiger partial charge in [-0.05, 0) is 51.3 Å². The van der Waals surface area contributed by atoms with Crippen molar-refractivity contribution in [3.8, 4) is 0 Å². The molecule has 1 aliphatic heterocycles. The van der Waals surface area contributed by atoms with Gasteiger partial charge in [0.1, 0.15) is 0 Å². The molecule has 7 nitrogen and oxygen atoms in total. The Morgan fingerprint density at radius 3 is 2.71 bits per heavy atom. The molecule has 0 spiro atoms. The first kappa shape index (κ1) is 21.7. The fourth-order valence-electron chi connectivity index (χ4n) is 3.29. The highest BCUT2D eigenvalue weighted by molar-refractivity contribution is 5.94. The number of carbonyl (C=O) groups excluding carboxylic acids is 2. The smallest absolute Gasteiger partial charge is 0.310 e. The van der Waals surface area contributed by atoms with Gasteiger partial charge in [-0.25, -0.2) is 4.99 Å². The van der Waals surface area contributed by atoms with E-state index in [9.17, 15) is 9.59 Å². The van der Waals surface area contributed by atoms with Crippen LogP contribution in [0.25, 0.3) is 0 Å². The second kappa shape index (κ2) is 11.3. The van der Waals surface area contributed by atoms with Crippen molar-refractivity contribution >= 4 is 17.8 Å². The van der Waals surface area contributed by atoms with E-state index in [2.05, 4.69) is 15.5 Å². The van der Waals surface area contributed by atoms with Crippen LogP contribution in [0.2, 0.25) is 0 Å². The summed E-state index contributed by atoms with van der Waals surface area (Å²) in [5, 5.41) is 6.13. The summed E-state index contributed by atoms with van der Waals surface area (Å²) in [7, 11) is 0. The number of benzene rings is 1. The van der Waals surface area contributed by atoms with Gasteiger partial charge in [-0.2, -0.15) is 0 Å². The molecule has 1 saturated heterocycles. The molecule has 0 radical (unpaired) electrons. The van der Waals surface area contributed by atoms with Crippen LogP contribution in [-0.4, -0.2) is 55.5 Å². The van der Waals surface area contributed by atoms with Gasteiger partial charge in [-0.3, -0.25) is 9.59 Å². The predicted octanol–water partition coefficient (Wildman–Crippen LogP) is 2.18. The van der Waals surface area contributed by atoms with Crippen molar-refractivity contribution in [1.29, 1.82) is 0 Å². The number of likely N-dealkylation sites (tertiary alicyclic amines) is 1. The summed E-state index contributed by atoms with van der Waals surface area (Å²) in [6.07, 6.45) is 1.78. The molecule has 1 fully saturated rings. The molecule has 0 saturated carbocycles. The highest BCUT2D eigenvalue weighted by atomic mass is 16.5. The third kappa shape index (κ3) is 6.25. The third-order valence-corrected chi connectivity index (χ3v) is 4.61. The normalized spacial score (nSPS) is 17.2. The Hall–Kier alpha value is -2.57. The van der Waals surface area contributed by atoms with E-state index >= 15 is 0 Å². The van der Waals surface area contributed by atoms with Crippen molar-refractivity contribution in [3.63, 3.8) is 0 Å². The van der Waals surface area contributed by atoms with E-state index in [1.807, 2.05) is 39.0 Å². The Kier molecular flexibility index (Phi) is 8.78. The fraction of sp³-hybridized carbons (Fsp3) is 0.571. The van der Waals surface area contributed by atoms with Crippen molar-refractivity contribution in [2.75, 3.05) is 32.8 Å². The van der Waals surface area contributed by atoms with Crippen molar-refractivity contribution in [2.24, 2.45) is 10.9 Å². The van der Waals surface area contributed by atoms with Crippen LogP contribution in [0.5, 0.6) is 0 Å². The first-order valence-corrected chi connectivity index (χ1v) is 10.2. The summed E-state index contributed by atoms with van der Waals surface area (Å²) < 4.78 is 5.19. The van der Waals surface area contributed by atoms with Gasteiger partial charge in [0.2, 0.25) is 0 Å². The second-order valence-electron chi connectivity index (χ2n) is 6.77. The van der Waals surface area contributed by atoms with Crippen molar-refractivity contribution in [3.05, 3.63) is 35.4 Å². The quantitative estimate of drug-likeness (QED) is 0.425. The summed E-state index contributed by atoms with van der Waals surface area (Å²) in [4.78, 5) is 31.0. The van der Waals surface area contributed by atoms with Crippen LogP contribution in [0.4, 0.5) is 0 Å². The lowest BCUT2D eigenvalue weighted by molar-refractivity contribution is -0.149. The van der Waals surface area contributed by atoms with E-state index < -0.39 is 0 Å². The van der Waals surface area contributed by atoms with Gasteiger partial charge in [-0.15, -0.1) is 0 Å². The molecule has 1 unspecified atom stereocenters. The van der Waals surface area contributed by atoms with Crippen LogP contribution in [0.3, 0.4) is 0 Å². The molecular weight excluding hydrogens is 356 g/mol. The SMILES string of the molecule is CCNC(=O)c1cccc(CN=C(NCC)N2CCCC(C(=O)OCC)C2)c1. The predicted molar refractivity (Wildman–Crippen MR) is 110 cm³/mol. The molecule has 0 bridgehead atoms. The van der Waals surface area contributed by atoms with Gasteiger partial charge in [-0.1, -0.05) is 12.1 Å². The summed E-state index contributed by atoms with van der Waals surface area (Å²) >= 11 is 0. The number of esters is 1. The minimum atomic E-state index is -0.127. The monoisotopic (exact) mass is 388 g/mol. The Bertz CT molecular complexity index is 690. The first-order chi connectivity index (χ1) is 13.6. The average Bonchev–Trinajstić information content (AvgIpc) is 2.72. The van der Waals surface area contributed by atoms with Crippen LogP contribution in [0, 0.1) is 5.92 Å². The molecule has 1 aromatic rings. The Balaban J connectivity index is 2.08. The van der Waals surface area contributed by atoms with Crippen LogP contribution in [0.15, 0.2) is 29.3 Å². The number of ether oxygens (including phenoxy) is 1.